The highest BCUT2D eigenvalue weighted by Gasteiger charge is 2.10. The summed E-state index contributed by atoms with van der Waals surface area (Å²) in [5.74, 6) is 1.95. The number of hydrogen-bond donors (Lipinski definition) is 1. The quantitative estimate of drug-likeness (QED) is 0.560. The Hall–Kier alpha value is -3.05. The van der Waals surface area contributed by atoms with Crippen LogP contribution in [0.25, 0.3) is 22.8 Å². The predicted octanol–water partition coefficient (Wildman–Crippen LogP) is 4.65. The van der Waals surface area contributed by atoms with Crippen molar-refractivity contribution >= 4 is 11.6 Å². The average Bonchev–Trinajstić information content (AvgIpc) is 3.34. The predicted molar refractivity (Wildman–Crippen MR) is 102 cm³/mol. The van der Waals surface area contributed by atoms with Crippen LogP contribution in [-0.2, 0) is 6.54 Å². The molecule has 0 atom stereocenters. The van der Waals surface area contributed by atoms with E-state index in [0.29, 0.717) is 22.4 Å². The van der Waals surface area contributed by atoms with Crippen LogP contribution in [0.4, 0.5) is 0 Å². The largest absolute Gasteiger partial charge is 0.495 e. The molecule has 5 nitrogen and oxygen atoms in total. The minimum absolute atomic E-state index is 0.539. The summed E-state index contributed by atoms with van der Waals surface area (Å²) in [6.45, 7) is 0.812. The molecule has 0 amide bonds. The van der Waals surface area contributed by atoms with Crippen LogP contribution in [0.2, 0.25) is 5.02 Å². The Morgan fingerprint density at radius 3 is 2.65 bits per heavy atom. The van der Waals surface area contributed by atoms with Gasteiger partial charge in [0, 0.05) is 30.1 Å². The second kappa shape index (κ2) is 7.06. The summed E-state index contributed by atoms with van der Waals surface area (Å²) in [5, 5.41) is 7.88. The topological polar surface area (TPSA) is 55.7 Å². The van der Waals surface area contributed by atoms with E-state index < -0.39 is 0 Å². The first-order valence-electron chi connectivity index (χ1n) is 8.19. The number of nitrogens with zero attached hydrogens (tertiary/aromatic N) is 3. The normalized spacial score (nSPS) is 10.8. The van der Waals surface area contributed by atoms with Gasteiger partial charge in [-0.15, -0.1) is 0 Å². The number of rotatable bonds is 5. The van der Waals surface area contributed by atoms with Crippen LogP contribution in [0.15, 0.2) is 67.0 Å². The van der Waals surface area contributed by atoms with Crippen molar-refractivity contribution in [1.82, 2.24) is 19.7 Å². The maximum Gasteiger partial charge on any atom is 0.181 e. The highest BCUT2D eigenvalue weighted by Crippen LogP contribution is 2.29. The van der Waals surface area contributed by atoms with Crippen molar-refractivity contribution in [3.8, 4) is 28.5 Å². The molecule has 0 radical (unpaired) electrons. The van der Waals surface area contributed by atoms with Crippen LogP contribution < -0.4 is 4.74 Å². The second-order valence-corrected chi connectivity index (χ2v) is 6.32. The van der Waals surface area contributed by atoms with E-state index in [1.54, 1.807) is 7.11 Å². The molecule has 2 aromatic heterocycles. The first-order valence-corrected chi connectivity index (χ1v) is 8.57. The van der Waals surface area contributed by atoms with Crippen LogP contribution in [0.1, 0.15) is 5.56 Å². The summed E-state index contributed by atoms with van der Waals surface area (Å²) in [6, 6.07) is 17.8. The van der Waals surface area contributed by atoms with E-state index in [0.717, 1.165) is 17.7 Å². The zero-order valence-corrected chi connectivity index (χ0v) is 14.9. The lowest BCUT2D eigenvalue weighted by Crippen LogP contribution is -1.96. The number of H-pyrrole nitrogens is 1. The van der Waals surface area contributed by atoms with Crippen LogP contribution in [0, 0.1) is 0 Å². The smallest absolute Gasteiger partial charge is 0.181 e. The number of methoxy groups -OCH3 is 1. The maximum atomic E-state index is 6.20. The third kappa shape index (κ3) is 3.34. The fraction of sp³-hybridized carbons (Fsp3) is 0.100. The summed E-state index contributed by atoms with van der Waals surface area (Å²) in [5.41, 5.74) is 3.02. The molecule has 130 valence electrons. The summed E-state index contributed by atoms with van der Waals surface area (Å²) in [4.78, 5) is 4.61. The van der Waals surface area contributed by atoms with Gasteiger partial charge < -0.3 is 9.30 Å². The summed E-state index contributed by atoms with van der Waals surface area (Å²) >= 11 is 6.20. The molecule has 4 aromatic rings. The Bertz CT molecular complexity index is 1020. The highest BCUT2D eigenvalue weighted by molar-refractivity contribution is 6.32. The molecule has 0 aliphatic rings. The first-order chi connectivity index (χ1) is 12.7. The van der Waals surface area contributed by atoms with Crippen molar-refractivity contribution in [2.24, 2.45) is 0 Å². The van der Waals surface area contributed by atoms with E-state index in [1.807, 2.05) is 54.9 Å². The second-order valence-electron chi connectivity index (χ2n) is 5.91. The minimum atomic E-state index is 0.539. The van der Waals surface area contributed by atoms with Gasteiger partial charge in [0.15, 0.2) is 11.6 Å². The lowest BCUT2D eigenvalue weighted by atomic mass is 10.1. The van der Waals surface area contributed by atoms with Gasteiger partial charge in [0.05, 0.1) is 12.1 Å². The van der Waals surface area contributed by atoms with Crippen LogP contribution in [0.5, 0.6) is 5.75 Å². The Morgan fingerprint density at radius 1 is 1.04 bits per heavy atom. The van der Waals surface area contributed by atoms with Crippen LogP contribution >= 0.6 is 11.6 Å². The molecule has 0 bridgehead atoms. The monoisotopic (exact) mass is 364 g/mol. The summed E-state index contributed by atoms with van der Waals surface area (Å²) in [6.07, 6.45) is 4.09. The third-order valence-electron chi connectivity index (χ3n) is 4.13. The minimum Gasteiger partial charge on any atom is -0.495 e. The zero-order valence-electron chi connectivity index (χ0n) is 14.2. The maximum absolute atomic E-state index is 6.20. The van der Waals surface area contributed by atoms with Crippen LogP contribution in [-0.4, -0.2) is 26.9 Å². The van der Waals surface area contributed by atoms with Gasteiger partial charge in [0.2, 0.25) is 0 Å². The molecular formula is C20H17ClN4O. The highest BCUT2D eigenvalue weighted by atomic mass is 35.5. The fourth-order valence-corrected chi connectivity index (χ4v) is 3.09. The van der Waals surface area contributed by atoms with E-state index in [4.69, 9.17) is 16.3 Å². The zero-order chi connectivity index (χ0) is 17.9. The third-order valence-corrected chi connectivity index (χ3v) is 4.42. The molecule has 2 aromatic carbocycles. The van der Waals surface area contributed by atoms with Gasteiger partial charge in [-0.05, 0) is 42.0 Å². The number of nitrogens with one attached hydrogen (secondary N) is 1. The van der Waals surface area contributed by atoms with E-state index >= 15 is 0 Å². The Labute approximate surface area is 156 Å². The van der Waals surface area contributed by atoms with Gasteiger partial charge in [-0.25, -0.2) is 4.98 Å². The molecule has 6 heteroatoms. The van der Waals surface area contributed by atoms with Crippen molar-refractivity contribution in [1.29, 1.82) is 0 Å². The van der Waals surface area contributed by atoms with Gasteiger partial charge in [-0.3, -0.25) is 5.10 Å². The standard InChI is InChI=1S/C20H17ClN4O/c1-26-18-8-7-16(12-17(18)21)20-22-19(23-24-20)15-6-4-5-14(11-15)13-25-9-2-3-10-25/h2-12H,13H2,1H3,(H,22,23,24). The number of halogens is 1. The van der Waals surface area contributed by atoms with E-state index in [1.165, 1.54) is 5.56 Å². The average molecular weight is 365 g/mol. The molecule has 26 heavy (non-hydrogen) atoms. The number of benzene rings is 2. The molecule has 0 saturated carbocycles. The van der Waals surface area contributed by atoms with Gasteiger partial charge in [-0.2, -0.15) is 5.10 Å². The Balaban J connectivity index is 1.61. The Kier molecular flexibility index (Phi) is 4.46. The first kappa shape index (κ1) is 16.4. The van der Waals surface area contributed by atoms with Gasteiger partial charge in [-0.1, -0.05) is 29.8 Å². The van der Waals surface area contributed by atoms with Crippen molar-refractivity contribution in [2.45, 2.75) is 6.54 Å². The molecule has 2 heterocycles. The molecule has 0 spiro atoms. The molecule has 1 N–H and O–H groups in total. The molecule has 4 rings (SSSR count). The number of ether oxygens (including phenoxy) is 1. The number of aromatic nitrogens is 4. The molecule has 0 fully saturated rings. The molecule has 0 saturated heterocycles. The van der Waals surface area contributed by atoms with Crippen molar-refractivity contribution < 1.29 is 4.74 Å². The molecular weight excluding hydrogens is 348 g/mol. The van der Waals surface area contributed by atoms with E-state index in [2.05, 4.69) is 31.9 Å². The summed E-state index contributed by atoms with van der Waals surface area (Å²) in [7, 11) is 1.59. The molecule has 0 unspecified atom stereocenters. The Morgan fingerprint density at radius 2 is 1.88 bits per heavy atom. The number of aromatic amines is 1. The lowest BCUT2D eigenvalue weighted by Gasteiger charge is -2.05. The molecule has 0 aliphatic heterocycles. The number of hydrogen-bond acceptors (Lipinski definition) is 3. The van der Waals surface area contributed by atoms with E-state index in [-0.39, 0.29) is 0 Å². The van der Waals surface area contributed by atoms with Crippen LogP contribution in [0.3, 0.4) is 0 Å². The fourth-order valence-electron chi connectivity index (χ4n) is 2.83. The van der Waals surface area contributed by atoms with Gasteiger partial charge in [0.25, 0.3) is 0 Å². The van der Waals surface area contributed by atoms with Crippen molar-refractivity contribution in [3.63, 3.8) is 0 Å². The lowest BCUT2D eigenvalue weighted by molar-refractivity contribution is 0.415. The summed E-state index contributed by atoms with van der Waals surface area (Å²) < 4.78 is 7.31. The van der Waals surface area contributed by atoms with E-state index in [9.17, 15) is 0 Å². The van der Waals surface area contributed by atoms with Gasteiger partial charge >= 0.3 is 0 Å². The van der Waals surface area contributed by atoms with Crippen molar-refractivity contribution in [3.05, 3.63) is 77.6 Å². The SMILES string of the molecule is COc1ccc(-c2nc(-c3cccc(Cn4cccc4)c3)n[nH]2)cc1Cl. The molecule has 0 aliphatic carbocycles. The van der Waals surface area contributed by atoms with Gasteiger partial charge in [0.1, 0.15) is 5.75 Å². The van der Waals surface area contributed by atoms with Crippen molar-refractivity contribution in [2.75, 3.05) is 7.11 Å².